The van der Waals surface area contributed by atoms with Gasteiger partial charge in [-0.3, -0.25) is 4.79 Å². The number of carbonyl (C=O) groups is 3. The van der Waals surface area contributed by atoms with Gasteiger partial charge in [-0.05, 0) is 60.4 Å². The molecule has 0 radical (unpaired) electrons. The minimum Gasteiger partial charge on any atom is -0.480 e. The van der Waals surface area contributed by atoms with Crippen molar-refractivity contribution in [2.75, 3.05) is 26.3 Å². The summed E-state index contributed by atoms with van der Waals surface area (Å²) in [6.45, 7) is 2.15. The Hall–Kier alpha value is -4.53. The van der Waals surface area contributed by atoms with E-state index in [2.05, 4.69) is 5.32 Å². The average Bonchev–Trinajstić information content (AvgIpc) is 3.04. The molecule has 12 nitrogen and oxygen atoms in total. The second-order valence-electron chi connectivity index (χ2n) is 11.4. The zero-order valence-corrected chi connectivity index (χ0v) is 26.4. The van der Waals surface area contributed by atoms with Crippen molar-refractivity contribution in [3.63, 3.8) is 0 Å². The van der Waals surface area contributed by atoms with Crippen molar-refractivity contribution < 1.29 is 51.2 Å². The zero-order valence-electron chi connectivity index (χ0n) is 25.5. The van der Waals surface area contributed by atoms with E-state index in [9.17, 15) is 32.3 Å². The van der Waals surface area contributed by atoms with Crippen LogP contribution >= 0.6 is 0 Å². The van der Waals surface area contributed by atoms with Crippen LogP contribution in [0.5, 0.6) is 5.75 Å². The monoisotopic (exact) mass is 670 g/mol. The Labute approximate surface area is 271 Å². The summed E-state index contributed by atoms with van der Waals surface area (Å²) in [6.07, 6.45) is -1.66. The third-order valence-corrected chi connectivity index (χ3v) is 9.75. The highest BCUT2D eigenvalue weighted by Crippen LogP contribution is 2.40. The topological polar surface area (TPSA) is 158 Å². The van der Waals surface area contributed by atoms with Gasteiger partial charge in [0.05, 0.1) is 23.9 Å². The summed E-state index contributed by atoms with van der Waals surface area (Å²) in [5.74, 6) is -2.34. The van der Waals surface area contributed by atoms with Crippen molar-refractivity contribution in [3.05, 3.63) is 95.8 Å². The Balaban J connectivity index is 1.23. The van der Waals surface area contributed by atoms with E-state index in [1.165, 1.54) is 53.7 Å². The van der Waals surface area contributed by atoms with Crippen molar-refractivity contribution in [2.24, 2.45) is 5.92 Å². The van der Waals surface area contributed by atoms with Crippen molar-refractivity contribution in [2.45, 2.75) is 49.0 Å². The summed E-state index contributed by atoms with van der Waals surface area (Å²) >= 11 is 0. The van der Waals surface area contributed by atoms with E-state index in [-0.39, 0.29) is 30.3 Å². The van der Waals surface area contributed by atoms with Crippen molar-refractivity contribution in [1.82, 2.24) is 9.62 Å². The summed E-state index contributed by atoms with van der Waals surface area (Å²) < 4.78 is 63.8. The molecule has 0 bridgehead atoms. The van der Waals surface area contributed by atoms with E-state index < -0.39 is 51.8 Å². The Kier molecular flexibility index (Phi) is 10.4. The first-order valence-electron chi connectivity index (χ1n) is 15.0. The Bertz CT molecular complexity index is 1670. The van der Waals surface area contributed by atoms with Crippen LogP contribution in [-0.2, 0) is 45.8 Å². The lowest BCUT2D eigenvalue weighted by atomic mass is 9.87. The number of ether oxygens (including phenoxy) is 4. The SMILES string of the molecule is C[C@@H](OC(=O)N[C@@H](Cc1cccc(S(=O)(=O)N2CC(Oc3ccc(F)cc3)(c3ccccc3)C2)c1)C(=O)O)OC(=O)C1CCOCC1. The number of amides is 1. The molecule has 2 fully saturated rings. The number of hydrogen-bond acceptors (Lipinski definition) is 9. The number of hydrogen-bond donors (Lipinski definition) is 2. The molecule has 0 aliphatic carbocycles. The molecular weight excluding hydrogens is 635 g/mol. The number of rotatable bonds is 12. The number of nitrogens with zero attached hydrogens (tertiary/aromatic N) is 1. The maximum Gasteiger partial charge on any atom is 0.410 e. The fraction of sp³-hybridized carbons (Fsp3) is 0.364. The van der Waals surface area contributed by atoms with Gasteiger partial charge in [0.15, 0.2) is 5.60 Å². The molecule has 0 spiro atoms. The lowest BCUT2D eigenvalue weighted by Gasteiger charge is -2.48. The Morgan fingerprint density at radius 3 is 2.34 bits per heavy atom. The van der Waals surface area contributed by atoms with Gasteiger partial charge < -0.3 is 29.4 Å². The van der Waals surface area contributed by atoms with Gasteiger partial charge in [0.2, 0.25) is 16.3 Å². The smallest absolute Gasteiger partial charge is 0.410 e. The molecule has 3 aromatic rings. The molecule has 1 amide bonds. The van der Waals surface area contributed by atoms with E-state index in [0.717, 1.165) is 5.56 Å². The van der Waals surface area contributed by atoms with Gasteiger partial charge in [0, 0.05) is 26.6 Å². The highest BCUT2D eigenvalue weighted by molar-refractivity contribution is 7.89. The van der Waals surface area contributed by atoms with Crippen LogP contribution in [0.15, 0.2) is 83.8 Å². The molecule has 2 heterocycles. The molecule has 3 aromatic carbocycles. The van der Waals surface area contributed by atoms with Gasteiger partial charge in [-0.2, -0.15) is 4.31 Å². The lowest BCUT2D eigenvalue weighted by molar-refractivity contribution is -0.173. The van der Waals surface area contributed by atoms with Crippen LogP contribution in [0, 0.1) is 11.7 Å². The van der Waals surface area contributed by atoms with Gasteiger partial charge in [0.1, 0.15) is 17.6 Å². The van der Waals surface area contributed by atoms with Gasteiger partial charge in [-0.25, -0.2) is 22.4 Å². The second-order valence-corrected chi connectivity index (χ2v) is 13.3. The third kappa shape index (κ3) is 8.25. The van der Waals surface area contributed by atoms with Crippen LogP contribution in [0.1, 0.15) is 30.9 Å². The minimum absolute atomic E-state index is 0.0244. The van der Waals surface area contributed by atoms with Crippen molar-refractivity contribution in [1.29, 1.82) is 0 Å². The Morgan fingerprint density at radius 2 is 1.68 bits per heavy atom. The third-order valence-electron chi connectivity index (χ3n) is 7.97. The molecule has 2 N–H and O–H groups in total. The van der Waals surface area contributed by atoms with Crippen LogP contribution in [0.4, 0.5) is 9.18 Å². The molecule has 250 valence electrons. The number of esters is 1. The Morgan fingerprint density at radius 1 is 1.00 bits per heavy atom. The fourth-order valence-electron chi connectivity index (χ4n) is 5.43. The highest BCUT2D eigenvalue weighted by atomic mass is 32.2. The number of nitrogens with one attached hydrogen (secondary N) is 1. The predicted molar refractivity (Wildman–Crippen MR) is 164 cm³/mol. The van der Waals surface area contributed by atoms with Crippen LogP contribution in [0.3, 0.4) is 0 Å². The first kappa shape index (κ1) is 33.8. The number of carboxylic acid groups (broad SMARTS) is 1. The first-order chi connectivity index (χ1) is 22.4. The van der Waals surface area contributed by atoms with Crippen LogP contribution in [0.2, 0.25) is 0 Å². The summed E-state index contributed by atoms with van der Waals surface area (Å²) in [5.41, 5.74) is 0.0632. The molecule has 2 saturated heterocycles. The average molecular weight is 671 g/mol. The first-order valence-corrected chi connectivity index (χ1v) is 16.5. The molecule has 0 unspecified atom stereocenters. The predicted octanol–water partition coefficient (Wildman–Crippen LogP) is 3.84. The van der Waals surface area contributed by atoms with Crippen LogP contribution in [-0.4, -0.2) is 74.5 Å². The molecule has 2 aliphatic rings. The quantitative estimate of drug-likeness (QED) is 0.214. The number of alkyl carbamates (subject to hydrolysis) is 1. The minimum atomic E-state index is -4.04. The zero-order chi connectivity index (χ0) is 33.6. The second kappa shape index (κ2) is 14.5. The number of benzene rings is 3. The fourth-order valence-corrected chi connectivity index (χ4v) is 7.04. The largest absolute Gasteiger partial charge is 0.480 e. The maximum absolute atomic E-state index is 13.7. The van der Waals surface area contributed by atoms with E-state index >= 15 is 0 Å². The normalized spacial score (nSPS) is 17.8. The molecule has 14 heteroatoms. The van der Waals surface area contributed by atoms with E-state index in [4.69, 9.17) is 18.9 Å². The molecule has 0 saturated carbocycles. The van der Waals surface area contributed by atoms with E-state index in [0.29, 0.717) is 37.4 Å². The number of aliphatic carboxylic acids is 1. The molecule has 0 aromatic heterocycles. The molecule has 5 rings (SSSR count). The number of carboxylic acids is 1. The highest BCUT2D eigenvalue weighted by Gasteiger charge is 2.52. The molecular formula is C33H35FN2O10S. The lowest BCUT2D eigenvalue weighted by Crippen LogP contribution is -2.64. The number of sulfonamides is 1. The van der Waals surface area contributed by atoms with Crippen molar-refractivity contribution in [3.8, 4) is 5.75 Å². The summed E-state index contributed by atoms with van der Waals surface area (Å²) in [7, 11) is -4.04. The molecule has 2 atom stereocenters. The number of halogens is 1. The van der Waals surface area contributed by atoms with Gasteiger partial charge in [-0.15, -0.1) is 0 Å². The molecule has 2 aliphatic heterocycles. The standard InChI is InChI=1S/C33H35FN2O10S/c1-22(44-31(39)24-14-16-43-17-15-24)45-32(40)35-29(30(37)38)19-23-6-5-9-28(18-23)47(41,42)36-20-33(21-36,25-7-3-2-4-8-25)46-27-12-10-26(34)11-13-27/h2-13,18,22,24,29H,14-17,19-21H2,1H3,(H,35,40)(H,37,38)/t22-,29+/m1/s1. The summed E-state index contributed by atoms with van der Waals surface area (Å²) in [5, 5.41) is 12.0. The maximum atomic E-state index is 13.7. The van der Waals surface area contributed by atoms with Crippen LogP contribution < -0.4 is 10.1 Å². The van der Waals surface area contributed by atoms with Gasteiger partial charge >= 0.3 is 18.0 Å². The van der Waals surface area contributed by atoms with Gasteiger partial charge in [-0.1, -0.05) is 42.5 Å². The van der Waals surface area contributed by atoms with E-state index in [1.54, 1.807) is 6.07 Å². The van der Waals surface area contributed by atoms with Gasteiger partial charge in [0.25, 0.3) is 0 Å². The van der Waals surface area contributed by atoms with E-state index in [1.807, 2.05) is 30.3 Å². The molecule has 47 heavy (non-hydrogen) atoms. The van der Waals surface area contributed by atoms with Crippen LogP contribution in [0.25, 0.3) is 0 Å². The number of carbonyl (C=O) groups excluding carboxylic acids is 2. The summed E-state index contributed by atoms with van der Waals surface area (Å²) in [6, 6.07) is 18.9. The summed E-state index contributed by atoms with van der Waals surface area (Å²) in [4.78, 5) is 36.7. The van der Waals surface area contributed by atoms with Crippen molar-refractivity contribution >= 4 is 28.1 Å².